The molecule has 1 aromatic carbocycles. The van der Waals surface area contributed by atoms with E-state index >= 15 is 0 Å². The number of pyridine rings is 1. The fraction of sp³-hybridized carbons (Fsp3) is 0.500. The molecular weight excluding hydrogens is 426 g/mol. The number of nitrogens with zero attached hydrogens (tertiary/aromatic N) is 2. The molecule has 1 saturated heterocycles. The first-order chi connectivity index (χ1) is 16.3. The molecule has 3 atom stereocenters. The van der Waals surface area contributed by atoms with Crippen LogP contribution in [0.1, 0.15) is 63.3 Å². The molecule has 2 heterocycles. The summed E-state index contributed by atoms with van der Waals surface area (Å²) in [5.41, 5.74) is 3.17. The average molecular weight is 462 g/mol. The maximum Gasteiger partial charge on any atom is 0.247 e. The highest BCUT2D eigenvalue weighted by atomic mass is 16.2. The van der Waals surface area contributed by atoms with Gasteiger partial charge in [-0.3, -0.25) is 19.4 Å². The van der Waals surface area contributed by atoms with Crippen LogP contribution in [0.4, 0.5) is 0 Å². The van der Waals surface area contributed by atoms with Gasteiger partial charge in [-0.25, -0.2) is 0 Å². The van der Waals surface area contributed by atoms with Gasteiger partial charge in [-0.15, -0.1) is 0 Å². The van der Waals surface area contributed by atoms with Crippen molar-refractivity contribution in [1.29, 1.82) is 0 Å². The van der Waals surface area contributed by atoms with Gasteiger partial charge in [-0.2, -0.15) is 0 Å². The molecule has 0 radical (unpaired) electrons. The fourth-order valence-electron chi connectivity index (χ4n) is 5.44. The summed E-state index contributed by atoms with van der Waals surface area (Å²) in [6.07, 6.45) is 5.62. The Morgan fingerprint density at radius 3 is 2.18 bits per heavy atom. The van der Waals surface area contributed by atoms with Gasteiger partial charge in [0.1, 0.15) is 18.1 Å². The third-order valence-electron chi connectivity index (χ3n) is 6.92. The number of carbonyl (C=O) groups is 3. The standard InChI is InChI=1S/C28H35N3O3/c1-17(2)13-23-27(33)30-25(22-15-20-7-5-6-8-21(20)16-22)28(34)31(23)26(24(32)14-18(3)4)19-9-11-29-12-10-19/h5-12,17-18,22-23,25-26H,13-16H2,1-4H3,(H,30,33)/t23-,25-,26-/m1/s1. The van der Waals surface area contributed by atoms with Crippen molar-refractivity contribution in [3.63, 3.8) is 0 Å². The molecule has 2 amide bonds. The molecule has 0 saturated carbocycles. The number of Topliss-reactive ketones (excluding diaryl/α,β-unsaturated/α-hetero) is 1. The lowest BCUT2D eigenvalue weighted by Gasteiger charge is -2.45. The molecule has 180 valence electrons. The number of benzene rings is 1. The maximum atomic E-state index is 14.1. The number of aromatic nitrogens is 1. The number of hydrogen-bond acceptors (Lipinski definition) is 4. The smallest absolute Gasteiger partial charge is 0.247 e. The molecule has 0 unspecified atom stereocenters. The summed E-state index contributed by atoms with van der Waals surface area (Å²) < 4.78 is 0. The van der Waals surface area contributed by atoms with E-state index in [0.717, 1.165) is 12.8 Å². The molecule has 34 heavy (non-hydrogen) atoms. The largest absolute Gasteiger partial charge is 0.342 e. The second-order valence-corrected chi connectivity index (χ2v) is 10.6. The molecule has 0 bridgehead atoms. The van der Waals surface area contributed by atoms with E-state index in [1.54, 1.807) is 29.4 Å². The summed E-state index contributed by atoms with van der Waals surface area (Å²) in [5, 5.41) is 3.06. The van der Waals surface area contributed by atoms with Gasteiger partial charge in [0, 0.05) is 18.8 Å². The van der Waals surface area contributed by atoms with E-state index in [1.165, 1.54) is 11.1 Å². The number of ketones is 1. The summed E-state index contributed by atoms with van der Waals surface area (Å²) in [6, 6.07) is 9.67. The number of carbonyl (C=O) groups excluding carboxylic acids is 3. The van der Waals surface area contributed by atoms with Crippen LogP contribution in [-0.4, -0.2) is 39.6 Å². The zero-order valence-corrected chi connectivity index (χ0v) is 20.5. The van der Waals surface area contributed by atoms with Crippen LogP contribution in [0.15, 0.2) is 48.8 Å². The van der Waals surface area contributed by atoms with Gasteiger partial charge in [-0.05, 0) is 65.8 Å². The predicted octanol–water partition coefficient (Wildman–Crippen LogP) is 3.89. The van der Waals surface area contributed by atoms with E-state index in [-0.39, 0.29) is 35.4 Å². The van der Waals surface area contributed by atoms with Crippen LogP contribution in [-0.2, 0) is 27.2 Å². The van der Waals surface area contributed by atoms with Crippen LogP contribution in [0.25, 0.3) is 0 Å². The van der Waals surface area contributed by atoms with Gasteiger partial charge in [0.25, 0.3) is 0 Å². The second-order valence-electron chi connectivity index (χ2n) is 10.6. The Morgan fingerprint density at radius 2 is 1.62 bits per heavy atom. The topological polar surface area (TPSA) is 79.4 Å². The lowest BCUT2D eigenvalue weighted by atomic mass is 9.86. The van der Waals surface area contributed by atoms with Crippen LogP contribution >= 0.6 is 0 Å². The molecule has 1 aliphatic heterocycles. The number of fused-ring (bicyclic) bond motifs is 1. The number of piperazine rings is 1. The Hall–Kier alpha value is -3.02. The lowest BCUT2D eigenvalue weighted by Crippen LogP contribution is -2.66. The average Bonchev–Trinajstić information content (AvgIpc) is 3.22. The Kier molecular flexibility index (Phi) is 7.15. The van der Waals surface area contributed by atoms with E-state index in [9.17, 15) is 14.4 Å². The van der Waals surface area contributed by atoms with Crippen molar-refractivity contribution in [3.8, 4) is 0 Å². The second kappa shape index (κ2) is 10.1. The van der Waals surface area contributed by atoms with E-state index in [2.05, 4.69) is 22.4 Å². The highest BCUT2D eigenvalue weighted by Crippen LogP contribution is 2.36. The molecule has 1 fully saturated rings. The molecule has 1 N–H and O–H groups in total. The minimum Gasteiger partial charge on any atom is -0.342 e. The monoisotopic (exact) mass is 461 g/mol. The summed E-state index contributed by atoms with van der Waals surface area (Å²) in [7, 11) is 0. The van der Waals surface area contributed by atoms with Crippen molar-refractivity contribution >= 4 is 17.6 Å². The molecule has 2 aromatic rings. The molecule has 6 nitrogen and oxygen atoms in total. The van der Waals surface area contributed by atoms with Crippen molar-refractivity contribution in [2.75, 3.05) is 0 Å². The summed E-state index contributed by atoms with van der Waals surface area (Å²) >= 11 is 0. The quantitative estimate of drug-likeness (QED) is 0.647. The summed E-state index contributed by atoms with van der Waals surface area (Å²) in [4.78, 5) is 46.9. The van der Waals surface area contributed by atoms with Crippen molar-refractivity contribution in [2.45, 2.75) is 71.5 Å². The van der Waals surface area contributed by atoms with Gasteiger partial charge >= 0.3 is 0 Å². The molecule has 6 heteroatoms. The van der Waals surface area contributed by atoms with Gasteiger partial charge in [0.2, 0.25) is 11.8 Å². The van der Waals surface area contributed by atoms with Crippen LogP contribution < -0.4 is 5.32 Å². The predicted molar refractivity (Wildman–Crippen MR) is 131 cm³/mol. The number of rotatable bonds is 8. The molecule has 4 rings (SSSR count). The zero-order valence-electron chi connectivity index (χ0n) is 20.5. The van der Waals surface area contributed by atoms with Gasteiger partial charge < -0.3 is 10.2 Å². The third-order valence-corrected chi connectivity index (χ3v) is 6.92. The lowest BCUT2D eigenvalue weighted by molar-refractivity contribution is -0.157. The minimum absolute atomic E-state index is 0.0189. The first-order valence-electron chi connectivity index (χ1n) is 12.4. The number of amides is 2. The Balaban J connectivity index is 1.73. The van der Waals surface area contributed by atoms with E-state index < -0.39 is 18.1 Å². The van der Waals surface area contributed by atoms with Crippen molar-refractivity contribution in [3.05, 3.63) is 65.5 Å². The molecule has 1 aromatic heterocycles. The van der Waals surface area contributed by atoms with E-state index in [1.807, 2.05) is 39.8 Å². The highest BCUT2D eigenvalue weighted by molar-refractivity contribution is 6.00. The molecule has 2 aliphatic rings. The number of nitrogens with one attached hydrogen (secondary N) is 1. The van der Waals surface area contributed by atoms with Crippen LogP contribution in [0.2, 0.25) is 0 Å². The summed E-state index contributed by atoms with van der Waals surface area (Å²) in [6.45, 7) is 8.06. The molecule has 0 spiro atoms. The fourth-order valence-corrected chi connectivity index (χ4v) is 5.44. The Labute approximate surface area is 202 Å². The first-order valence-corrected chi connectivity index (χ1v) is 12.4. The Bertz CT molecular complexity index is 1020. The van der Waals surface area contributed by atoms with Gasteiger partial charge in [-0.1, -0.05) is 52.0 Å². The SMILES string of the molecule is CC(C)CC(=O)[C@@H](c1ccncc1)N1C(=O)[C@@H](C2Cc3ccccc3C2)NC(=O)[C@H]1CC(C)C. The number of hydrogen-bond donors (Lipinski definition) is 1. The van der Waals surface area contributed by atoms with Crippen molar-refractivity contribution in [1.82, 2.24) is 15.2 Å². The summed E-state index contributed by atoms with van der Waals surface area (Å²) in [5.74, 6) is -0.0281. The molecule has 1 aliphatic carbocycles. The van der Waals surface area contributed by atoms with Crippen LogP contribution in [0, 0.1) is 17.8 Å². The third kappa shape index (κ3) is 4.91. The van der Waals surface area contributed by atoms with Gasteiger partial charge in [0.15, 0.2) is 5.78 Å². The molecular formula is C28H35N3O3. The van der Waals surface area contributed by atoms with Crippen LogP contribution in [0.3, 0.4) is 0 Å². The normalized spacial score (nSPS) is 21.6. The maximum absolute atomic E-state index is 14.1. The van der Waals surface area contributed by atoms with Crippen LogP contribution in [0.5, 0.6) is 0 Å². The van der Waals surface area contributed by atoms with E-state index in [4.69, 9.17) is 0 Å². The first kappa shape index (κ1) is 24.1. The Morgan fingerprint density at radius 1 is 1.00 bits per heavy atom. The van der Waals surface area contributed by atoms with Crippen molar-refractivity contribution in [2.24, 2.45) is 17.8 Å². The minimum atomic E-state index is -0.793. The highest BCUT2D eigenvalue weighted by Gasteiger charge is 2.49. The van der Waals surface area contributed by atoms with Crippen molar-refractivity contribution < 1.29 is 14.4 Å². The van der Waals surface area contributed by atoms with Gasteiger partial charge in [0.05, 0.1) is 0 Å². The van der Waals surface area contributed by atoms with E-state index in [0.29, 0.717) is 18.4 Å². The zero-order chi connectivity index (χ0) is 24.4.